The van der Waals surface area contributed by atoms with Crippen molar-refractivity contribution in [2.24, 2.45) is 23.7 Å². The van der Waals surface area contributed by atoms with E-state index < -0.39 is 11.8 Å². The molecule has 0 aromatic heterocycles. The molecule has 3 heterocycles. The highest BCUT2D eigenvalue weighted by Gasteiger charge is 2.52. The zero-order chi connectivity index (χ0) is 22.7. The van der Waals surface area contributed by atoms with Gasteiger partial charge in [0.05, 0.1) is 49.5 Å². The predicted octanol–water partition coefficient (Wildman–Crippen LogP) is 2.75. The Morgan fingerprint density at radius 3 is 1.33 bits per heavy atom. The van der Waals surface area contributed by atoms with Crippen LogP contribution < -0.4 is 0 Å². The standard InChI is InChI=1S/C26H34O7/c27-15(5-13-1-3-21-23(7-13)31-21)9-19(29)17-11-25-26(33-25)12-18(17)20(30)10-16(28)6-14-2-4-22-24(8-14)32-22/h13-14,17-18,21-26H,1-12H2. The second-order valence-corrected chi connectivity index (χ2v) is 11.5. The van der Waals surface area contributed by atoms with Gasteiger partial charge in [0.2, 0.25) is 0 Å². The predicted molar refractivity (Wildman–Crippen MR) is 115 cm³/mol. The molecule has 6 aliphatic rings. The van der Waals surface area contributed by atoms with E-state index >= 15 is 0 Å². The summed E-state index contributed by atoms with van der Waals surface area (Å²) >= 11 is 0. The summed E-state index contributed by atoms with van der Waals surface area (Å²) in [6.07, 6.45) is 9.01. The van der Waals surface area contributed by atoms with Gasteiger partial charge in [-0.2, -0.15) is 0 Å². The summed E-state index contributed by atoms with van der Waals surface area (Å²) in [6, 6.07) is 0. The van der Waals surface area contributed by atoms with Gasteiger partial charge in [0, 0.05) is 24.7 Å². The Hall–Kier alpha value is -1.44. The molecule has 3 aliphatic heterocycles. The van der Waals surface area contributed by atoms with Crippen LogP contribution in [0.4, 0.5) is 0 Å². The summed E-state index contributed by atoms with van der Waals surface area (Å²) < 4.78 is 16.7. The van der Waals surface area contributed by atoms with E-state index in [2.05, 4.69) is 0 Å². The van der Waals surface area contributed by atoms with Crippen molar-refractivity contribution >= 4 is 23.1 Å². The van der Waals surface area contributed by atoms with Crippen molar-refractivity contribution < 1.29 is 33.4 Å². The minimum absolute atomic E-state index is 0.0249. The molecule has 0 spiro atoms. The van der Waals surface area contributed by atoms with Gasteiger partial charge in [-0.05, 0) is 63.2 Å². The first-order chi connectivity index (χ1) is 15.9. The van der Waals surface area contributed by atoms with Crippen molar-refractivity contribution in [3.8, 4) is 0 Å². The summed E-state index contributed by atoms with van der Waals surface area (Å²) in [4.78, 5) is 51.5. The summed E-state index contributed by atoms with van der Waals surface area (Å²) in [6.45, 7) is 0. The number of rotatable bonds is 10. The molecule has 6 fully saturated rings. The molecule has 0 N–H and O–H groups in total. The summed E-state index contributed by atoms with van der Waals surface area (Å²) in [5, 5.41) is 0. The molecule has 7 heteroatoms. The molecule has 3 aliphatic carbocycles. The highest BCUT2D eigenvalue weighted by Crippen LogP contribution is 2.45. The number of hydrogen-bond acceptors (Lipinski definition) is 7. The third kappa shape index (κ3) is 5.01. The van der Waals surface area contributed by atoms with E-state index in [9.17, 15) is 19.2 Å². The highest BCUT2D eigenvalue weighted by molar-refractivity contribution is 6.05. The zero-order valence-electron chi connectivity index (χ0n) is 19.1. The highest BCUT2D eigenvalue weighted by atomic mass is 16.6. The van der Waals surface area contributed by atoms with Gasteiger partial charge in [-0.25, -0.2) is 0 Å². The number of ketones is 4. The van der Waals surface area contributed by atoms with Crippen molar-refractivity contribution in [1.82, 2.24) is 0 Å². The molecule has 7 nitrogen and oxygen atoms in total. The fourth-order valence-corrected chi connectivity index (χ4v) is 6.92. The fourth-order valence-electron chi connectivity index (χ4n) is 6.92. The minimum Gasteiger partial charge on any atom is -0.370 e. The van der Waals surface area contributed by atoms with E-state index in [-0.39, 0.29) is 48.2 Å². The lowest BCUT2D eigenvalue weighted by atomic mass is 9.72. The van der Waals surface area contributed by atoms with E-state index in [0.717, 1.165) is 38.5 Å². The molecule has 0 radical (unpaired) electrons. The minimum atomic E-state index is -0.490. The quantitative estimate of drug-likeness (QED) is 0.366. The SMILES string of the molecule is O=C(CC(=O)C1CC2OC2CC1C(=O)CC(=O)CC1CCC2OC2C1)CC1CCC2OC2C1. The molecular weight excluding hydrogens is 424 g/mol. The first kappa shape index (κ1) is 22.1. The Bertz CT molecular complexity index is 784. The lowest BCUT2D eigenvalue weighted by Crippen LogP contribution is -2.37. The van der Waals surface area contributed by atoms with Crippen molar-refractivity contribution in [1.29, 1.82) is 0 Å². The normalized spacial score (nSPS) is 44.6. The van der Waals surface area contributed by atoms with Crippen LogP contribution in [-0.4, -0.2) is 59.8 Å². The largest absolute Gasteiger partial charge is 0.370 e. The van der Waals surface area contributed by atoms with Crippen LogP contribution in [0.1, 0.15) is 77.0 Å². The smallest absolute Gasteiger partial charge is 0.144 e. The zero-order valence-corrected chi connectivity index (χ0v) is 19.1. The van der Waals surface area contributed by atoms with Crippen LogP contribution >= 0.6 is 0 Å². The summed E-state index contributed by atoms with van der Waals surface area (Å²) in [5.41, 5.74) is 0. The number of ether oxygens (including phenoxy) is 3. The maximum absolute atomic E-state index is 13.1. The fraction of sp³-hybridized carbons (Fsp3) is 0.846. The van der Waals surface area contributed by atoms with Gasteiger partial charge >= 0.3 is 0 Å². The van der Waals surface area contributed by atoms with E-state index in [1.54, 1.807) is 0 Å². The Morgan fingerprint density at radius 1 is 0.515 bits per heavy atom. The molecule has 0 bridgehead atoms. The Kier molecular flexibility index (Phi) is 5.78. The van der Waals surface area contributed by atoms with Crippen LogP contribution in [0.5, 0.6) is 0 Å². The Labute approximate surface area is 194 Å². The first-order valence-corrected chi connectivity index (χ1v) is 13.0. The van der Waals surface area contributed by atoms with Crippen molar-refractivity contribution in [2.45, 2.75) is 114 Å². The topological polar surface area (TPSA) is 106 Å². The van der Waals surface area contributed by atoms with Crippen molar-refractivity contribution in [3.05, 3.63) is 0 Å². The third-order valence-corrected chi connectivity index (χ3v) is 8.97. The molecule has 33 heavy (non-hydrogen) atoms. The van der Waals surface area contributed by atoms with Gasteiger partial charge in [-0.3, -0.25) is 19.2 Å². The molecule has 6 rings (SSSR count). The number of carbonyl (C=O) groups excluding carboxylic acids is 4. The summed E-state index contributed by atoms with van der Waals surface area (Å²) in [7, 11) is 0. The summed E-state index contributed by atoms with van der Waals surface area (Å²) in [5.74, 6) is -0.691. The average molecular weight is 459 g/mol. The third-order valence-electron chi connectivity index (χ3n) is 8.97. The van der Waals surface area contributed by atoms with E-state index in [1.165, 1.54) is 0 Å². The average Bonchev–Trinajstić information content (AvgIpc) is 3.64. The number of epoxide rings is 3. The Morgan fingerprint density at radius 2 is 0.909 bits per heavy atom. The Balaban J connectivity index is 1.01. The molecule has 180 valence electrons. The molecule has 0 amide bonds. The number of fused-ring (bicyclic) bond motifs is 3. The van der Waals surface area contributed by atoms with E-state index in [1.807, 2.05) is 0 Å². The van der Waals surface area contributed by atoms with Gasteiger partial charge in [0.1, 0.15) is 23.1 Å². The van der Waals surface area contributed by atoms with Gasteiger partial charge in [0.15, 0.2) is 0 Å². The van der Waals surface area contributed by atoms with Crippen LogP contribution in [0.25, 0.3) is 0 Å². The molecule has 0 aromatic rings. The molecule has 0 aromatic carbocycles. The number of carbonyl (C=O) groups is 4. The van der Waals surface area contributed by atoms with Crippen LogP contribution in [0, 0.1) is 23.7 Å². The maximum Gasteiger partial charge on any atom is 0.144 e. The van der Waals surface area contributed by atoms with Gasteiger partial charge in [-0.15, -0.1) is 0 Å². The molecule has 3 saturated carbocycles. The molecule has 10 atom stereocenters. The van der Waals surface area contributed by atoms with Crippen molar-refractivity contribution in [3.63, 3.8) is 0 Å². The lowest BCUT2D eigenvalue weighted by Gasteiger charge is -2.27. The molecule has 3 saturated heterocycles. The van der Waals surface area contributed by atoms with Gasteiger partial charge in [-0.1, -0.05) is 0 Å². The van der Waals surface area contributed by atoms with Crippen LogP contribution in [0.15, 0.2) is 0 Å². The van der Waals surface area contributed by atoms with E-state index in [4.69, 9.17) is 14.2 Å². The molecular formula is C26H34O7. The maximum atomic E-state index is 13.1. The number of hydrogen-bond donors (Lipinski definition) is 0. The number of Topliss-reactive ketones (excluding diaryl/α,β-unsaturated/α-hetero) is 4. The van der Waals surface area contributed by atoms with Crippen molar-refractivity contribution in [2.75, 3.05) is 0 Å². The second kappa shape index (κ2) is 8.65. The second-order valence-electron chi connectivity index (χ2n) is 11.5. The first-order valence-electron chi connectivity index (χ1n) is 13.0. The van der Waals surface area contributed by atoms with Gasteiger partial charge in [0.25, 0.3) is 0 Å². The van der Waals surface area contributed by atoms with E-state index in [0.29, 0.717) is 61.9 Å². The lowest BCUT2D eigenvalue weighted by molar-refractivity contribution is -0.138. The van der Waals surface area contributed by atoms with Crippen LogP contribution in [0.3, 0.4) is 0 Å². The monoisotopic (exact) mass is 458 g/mol. The van der Waals surface area contributed by atoms with Crippen LogP contribution in [0.2, 0.25) is 0 Å². The van der Waals surface area contributed by atoms with Crippen LogP contribution in [-0.2, 0) is 33.4 Å². The van der Waals surface area contributed by atoms with Gasteiger partial charge < -0.3 is 14.2 Å². The molecule has 10 unspecified atom stereocenters.